The normalized spacial score (nSPS) is 12.5. The van der Waals surface area contributed by atoms with Crippen LogP contribution in [0.4, 0.5) is 4.79 Å². The second kappa shape index (κ2) is 56.6. The number of hydrogen-bond acceptors (Lipinski definition) is 11. The monoisotopic (exact) mass is 1120 g/mol. The molecule has 0 spiro atoms. The maximum Gasteiger partial charge on any atom is 0.324 e. The molecular formula is C66H125N3O10. The standard InChI is InChI=1S/C66H125N3O10/c1-8-13-17-21-25-27-31-35-44-58(42-33-29-23-19-15-10-3)56-78-63(72)48-39-37-46-61(70)76-54-50-60(65(74)69(66(75)67-12-5)53-41-52-68(6)7)51-55-77-62(71)47-38-40-49-64(73)79-57-59(43-34-30-24-20-16-11-4)45-36-32-28-26-22-18-14-9-2/h58-60H,8-57H2,1-7H3,(H,67,75). The minimum atomic E-state index is -0.743. The summed E-state index contributed by atoms with van der Waals surface area (Å²) < 4.78 is 22.8. The van der Waals surface area contributed by atoms with Crippen LogP contribution in [0.2, 0.25) is 0 Å². The number of carbonyl (C=O) groups is 6. The molecule has 0 bridgehead atoms. The van der Waals surface area contributed by atoms with Gasteiger partial charge in [0.15, 0.2) is 0 Å². The number of esters is 4. The van der Waals surface area contributed by atoms with E-state index in [9.17, 15) is 28.8 Å². The minimum absolute atomic E-state index is 0.0416. The second-order valence-corrected chi connectivity index (χ2v) is 23.3. The molecule has 0 heterocycles. The van der Waals surface area contributed by atoms with E-state index in [4.69, 9.17) is 18.9 Å². The average molecular weight is 1120 g/mol. The Morgan fingerprint density at radius 3 is 0.962 bits per heavy atom. The molecule has 13 heteroatoms. The topological polar surface area (TPSA) is 158 Å². The molecule has 79 heavy (non-hydrogen) atoms. The third-order valence-corrected chi connectivity index (χ3v) is 15.5. The highest BCUT2D eigenvalue weighted by atomic mass is 16.5. The first-order valence-corrected chi connectivity index (χ1v) is 33.3. The van der Waals surface area contributed by atoms with Gasteiger partial charge < -0.3 is 29.2 Å². The fourth-order valence-electron chi connectivity index (χ4n) is 10.3. The molecule has 2 atom stereocenters. The summed E-state index contributed by atoms with van der Waals surface area (Å²) in [6.45, 7) is 12.9. The van der Waals surface area contributed by atoms with Crippen molar-refractivity contribution in [2.45, 2.75) is 311 Å². The molecule has 0 aliphatic rings. The van der Waals surface area contributed by atoms with Crippen molar-refractivity contribution < 1.29 is 47.7 Å². The van der Waals surface area contributed by atoms with Gasteiger partial charge in [0, 0.05) is 44.7 Å². The van der Waals surface area contributed by atoms with Crippen molar-refractivity contribution in [2.24, 2.45) is 17.8 Å². The van der Waals surface area contributed by atoms with Gasteiger partial charge in [-0.25, -0.2) is 4.79 Å². The van der Waals surface area contributed by atoms with E-state index in [1.807, 2.05) is 19.0 Å². The van der Waals surface area contributed by atoms with E-state index in [0.29, 0.717) is 70.2 Å². The molecular weight excluding hydrogens is 995 g/mol. The maximum absolute atomic E-state index is 14.0. The summed E-state index contributed by atoms with van der Waals surface area (Å²) in [6, 6.07) is -0.490. The first kappa shape index (κ1) is 75.8. The van der Waals surface area contributed by atoms with Gasteiger partial charge in [-0.05, 0) is 110 Å². The smallest absolute Gasteiger partial charge is 0.324 e. The van der Waals surface area contributed by atoms with E-state index < -0.39 is 29.8 Å². The zero-order chi connectivity index (χ0) is 58.2. The zero-order valence-corrected chi connectivity index (χ0v) is 52.6. The van der Waals surface area contributed by atoms with Crippen LogP contribution in [-0.4, -0.2) is 106 Å². The van der Waals surface area contributed by atoms with Gasteiger partial charge in [-0.1, -0.05) is 207 Å². The number of hydrogen-bond donors (Lipinski definition) is 1. The van der Waals surface area contributed by atoms with E-state index in [1.54, 1.807) is 6.92 Å². The van der Waals surface area contributed by atoms with E-state index in [1.165, 1.54) is 185 Å². The molecule has 0 aromatic heterocycles. The van der Waals surface area contributed by atoms with Gasteiger partial charge >= 0.3 is 29.9 Å². The molecule has 0 saturated carbocycles. The third-order valence-electron chi connectivity index (χ3n) is 15.5. The summed E-state index contributed by atoms with van der Waals surface area (Å²) in [6.07, 6.45) is 43.6. The van der Waals surface area contributed by atoms with E-state index in [2.05, 4.69) is 33.0 Å². The van der Waals surface area contributed by atoms with Gasteiger partial charge in [0.2, 0.25) is 5.91 Å². The maximum atomic E-state index is 14.0. The summed E-state index contributed by atoms with van der Waals surface area (Å²) in [5.74, 6) is -1.64. The van der Waals surface area contributed by atoms with Crippen LogP contribution in [0.1, 0.15) is 311 Å². The molecule has 0 radical (unpaired) electrons. The third kappa shape index (κ3) is 49.1. The summed E-state index contributed by atoms with van der Waals surface area (Å²) in [5.41, 5.74) is 0. The van der Waals surface area contributed by atoms with Crippen molar-refractivity contribution in [3.8, 4) is 0 Å². The molecule has 13 nitrogen and oxygen atoms in total. The summed E-state index contributed by atoms with van der Waals surface area (Å²) in [5, 5.41) is 2.75. The molecule has 2 unspecified atom stereocenters. The van der Waals surface area contributed by atoms with Crippen LogP contribution in [0, 0.1) is 17.8 Å². The van der Waals surface area contributed by atoms with E-state index >= 15 is 0 Å². The average Bonchev–Trinajstić information content (AvgIpc) is 3.43. The SMILES string of the molecule is CCCCCCCCCCC(CCCCCCCC)COC(=O)CCCCC(=O)OCCC(CCOC(=O)CCCCC(=O)OCC(CCCCCCCC)CCCCCCCCCC)C(=O)N(CCCN(C)C)C(=O)NCC. The first-order chi connectivity index (χ1) is 38.4. The molecule has 1 N–H and O–H groups in total. The van der Waals surface area contributed by atoms with Gasteiger partial charge in [-0.2, -0.15) is 0 Å². The Morgan fingerprint density at radius 2 is 0.658 bits per heavy atom. The van der Waals surface area contributed by atoms with Crippen LogP contribution in [0.15, 0.2) is 0 Å². The molecule has 0 fully saturated rings. The fraction of sp³-hybridized carbons (Fsp3) is 0.909. The largest absolute Gasteiger partial charge is 0.466 e. The minimum Gasteiger partial charge on any atom is -0.466 e. The van der Waals surface area contributed by atoms with Crippen LogP contribution >= 0.6 is 0 Å². The van der Waals surface area contributed by atoms with Crippen LogP contribution in [0.25, 0.3) is 0 Å². The lowest BCUT2D eigenvalue weighted by atomic mass is 9.94. The van der Waals surface area contributed by atoms with Gasteiger partial charge in [0.1, 0.15) is 0 Å². The number of amides is 3. The van der Waals surface area contributed by atoms with Crippen LogP contribution in [0.3, 0.4) is 0 Å². The number of imide groups is 1. The number of ether oxygens (including phenoxy) is 4. The molecule has 0 aromatic carbocycles. The van der Waals surface area contributed by atoms with Crippen molar-refractivity contribution >= 4 is 35.8 Å². The Hall–Kier alpha value is -3.22. The van der Waals surface area contributed by atoms with Crippen molar-refractivity contribution in [1.82, 2.24) is 15.1 Å². The Labute approximate surface area is 485 Å². The second-order valence-electron chi connectivity index (χ2n) is 23.3. The van der Waals surface area contributed by atoms with Crippen molar-refractivity contribution in [3.63, 3.8) is 0 Å². The predicted octanol–water partition coefficient (Wildman–Crippen LogP) is 17.0. The van der Waals surface area contributed by atoms with Gasteiger partial charge in [0.05, 0.1) is 26.4 Å². The summed E-state index contributed by atoms with van der Waals surface area (Å²) in [7, 11) is 3.86. The molecule has 0 aliphatic heterocycles. The van der Waals surface area contributed by atoms with E-state index in [0.717, 1.165) is 25.7 Å². The Bertz CT molecular complexity index is 1380. The molecule has 0 aliphatic carbocycles. The van der Waals surface area contributed by atoms with Crippen molar-refractivity contribution in [3.05, 3.63) is 0 Å². The van der Waals surface area contributed by atoms with Gasteiger partial charge in [0.25, 0.3) is 0 Å². The summed E-state index contributed by atoms with van der Waals surface area (Å²) in [4.78, 5) is 81.8. The lowest BCUT2D eigenvalue weighted by molar-refractivity contribution is -0.148. The summed E-state index contributed by atoms with van der Waals surface area (Å²) >= 11 is 0. The Morgan fingerprint density at radius 1 is 0.354 bits per heavy atom. The van der Waals surface area contributed by atoms with Crippen molar-refractivity contribution in [1.29, 1.82) is 0 Å². The number of unbranched alkanes of at least 4 members (excludes halogenated alkanes) is 26. The number of nitrogens with one attached hydrogen (secondary N) is 1. The molecule has 0 saturated heterocycles. The Kier molecular flexibility index (Phi) is 54.3. The highest BCUT2D eigenvalue weighted by molar-refractivity contribution is 5.95. The molecule has 464 valence electrons. The quantitative estimate of drug-likeness (QED) is 0.0351. The highest BCUT2D eigenvalue weighted by Gasteiger charge is 2.29. The number of carbonyl (C=O) groups excluding carboxylic acids is 6. The lowest BCUT2D eigenvalue weighted by Gasteiger charge is -2.26. The van der Waals surface area contributed by atoms with Gasteiger partial charge in [-0.3, -0.25) is 28.9 Å². The molecule has 3 amide bonds. The zero-order valence-electron chi connectivity index (χ0n) is 52.6. The van der Waals surface area contributed by atoms with Crippen LogP contribution < -0.4 is 5.32 Å². The van der Waals surface area contributed by atoms with Crippen LogP contribution in [-0.2, 0) is 42.9 Å². The number of urea groups is 1. The first-order valence-electron chi connectivity index (χ1n) is 33.3. The van der Waals surface area contributed by atoms with E-state index in [-0.39, 0.29) is 70.2 Å². The lowest BCUT2D eigenvalue weighted by Crippen LogP contribution is -2.47. The number of rotatable bonds is 58. The predicted molar refractivity (Wildman–Crippen MR) is 325 cm³/mol. The van der Waals surface area contributed by atoms with Gasteiger partial charge in [-0.15, -0.1) is 0 Å². The fourth-order valence-corrected chi connectivity index (χ4v) is 10.3. The Balaban J connectivity index is 5.14. The highest BCUT2D eigenvalue weighted by Crippen LogP contribution is 2.23. The number of nitrogens with zero attached hydrogens (tertiary/aromatic N) is 2. The van der Waals surface area contributed by atoms with Crippen molar-refractivity contribution in [2.75, 3.05) is 60.2 Å². The molecule has 0 aromatic rings. The van der Waals surface area contributed by atoms with Crippen LogP contribution in [0.5, 0.6) is 0 Å². The molecule has 0 rings (SSSR count).